The van der Waals surface area contributed by atoms with Crippen molar-refractivity contribution in [2.24, 2.45) is 16.0 Å². The maximum absolute atomic E-state index is 11.4. The van der Waals surface area contributed by atoms with Crippen molar-refractivity contribution in [1.82, 2.24) is 0 Å². The maximum Gasteiger partial charge on any atom is 0.245 e. The molecular formula is C15H23N3O2S. The summed E-state index contributed by atoms with van der Waals surface area (Å²) in [5.41, 5.74) is 7.32. The third-order valence-corrected chi connectivity index (χ3v) is 4.36. The van der Waals surface area contributed by atoms with Gasteiger partial charge < -0.3 is 10.5 Å². The largest absolute Gasteiger partial charge is 0.490 e. The van der Waals surface area contributed by atoms with Gasteiger partial charge in [0.2, 0.25) is 11.2 Å². The number of anilines is 1. The summed E-state index contributed by atoms with van der Waals surface area (Å²) in [6.07, 6.45) is 3.58. The van der Waals surface area contributed by atoms with Crippen LogP contribution in [0.25, 0.3) is 0 Å². The Morgan fingerprint density at radius 2 is 2.14 bits per heavy atom. The highest BCUT2D eigenvalue weighted by molar-refractivity contribution is 7.85. The van der Waals surface area contributed by atoms with E-state index in [1.165, 1.54) is 6.42 Å². The van der Waals surface area contributed by atoms with Crippen LogP contribution in [-0.2, 0) is 11.2 Å². The number of rotatable bonds is 2. The van der Waals surface area contributed by atoms with Gasteiger partial charge >= 0.3 is 0 Å². The number of ether oxygens (including phenoxy) is 1. The van der Waals surface area contributed by atoms with Gasteiger partial charge in [0.15, 0.2) is 0 Å². The molecule has 1 aliphatic carbocycles. The number of nitrogens with two attached hydrogens (primary N) is 1. The molecule has 6 heteroatoms. The molecule has 0 radical (unpaired) electrons. The lowest BCUT2D eigenvalue weighted by Crippen LogP contribution is -2.25. The summed E-state index contributed by atoms with van der Waals surface area (Å²) in [4.78, 5) is 0. The molecule has 1 heterocycles. The van der Waals surface area contributed by atoms with Crippen molar-refractivity contribution >= 4 is 22.7 Å². The Balaban J connectivity index is 0.000000774. The van der Waals surface area contributed by atoms with Gasteiger partial charge in [0.05, 0.1) is 17.4 Å². The number of hydrogen-bond acceptors (Lipinski definition) is 3. The fraction of sp³-hybridized carbons (Fsp3) is 0.533. The van der Waals surface area contributed by atoms with Crippen molar-refractivity contribution in [2.45, 2.75) is 46.1 Å². The molecule has 0 spiro atoms. The average molecular weight is 309 g/mol. The molecular weight excluding hydrogens is 286 g/mol. The highest BCUT2D eigenvalue weighted by atomic mass is 32.2. The van der Waals surface area contributed by atoms with E-state index in [1.807, 2.05) is 32.0 Å². The molecule has 3 rings (SSSR count). The Morgan fingerprint density at radius 3 is 2.81 bits per heavy atom. The second kappa shape index (κ2) is 6.93. The van der Waals surface area contributed by atoms with E-state index >= 15 is 0 Å². The molecule has 2 aliphatic rings. The normalized spacial score (nSPS) is 26.8. The second-order valence-electron chi connectivity index (χ2n) is 5.16. The van der Waals surface area contributed by atoms with E-state index in [2.05, 4.69) is 16.0 Å². The van der Waals surface area contributed by atoms with E-state index in [0.29, 0.717) is 5.92 Å². The molecule has 1 aliphatic heterocycles. The van der Waals surface area contributed by atoms with E-state index in [-0.39, 0.29) is 11.9 Å². The predicted octanol–water partition coefficient (Wildman–Crippen LogP) is 2.99. The monoisotopic (exact) mass is 309 g/mol. The molecule has 5 nitrogen and oxygen atoms in total. The Morgan fingerprint density at radius 1 is 1.38 bits per heavy atom. The molecule has 0 bridgehead atoms. The fourth-order valence-corrected chi connectivity index (χ4v) is 3.35. The molecule has 1 fully saturated rings. The fourth-order valence-electron chi connectivity index (χ4n) is 2.67. The number of benzene rings is 1. The molecule has 0 amide bonds. The zero-order valence-corrected chi connectivity index (χ0v) is 13.6. The summed E-state index contributed by atoms with van der Waals surface area (Å²) in [6.45, 7) is 6.24. The summed E-state index contributed by atoms with van der Waals surface area (Å²) < 4.78 is 24.1. The van der Waals surface area contributed by atoms with Crippen molar-refractivity contribution < 1.29 is 8.95 Å². The van der Waals surface area contributed by atoms with Gasteiger partial charge in [-0.2, -0.15) is 4.40 Å². The number of nitrogens with one attached hydrogen (secondary N) is 1. The van der Waals surface area contributed by atoms with E-state index in [1.54, 1.807) is 0 Å². The van der Waals surface area contributed by atoms with Gasteiger partial charge in [-0.25, -0.2) is 4.21 Å². The van der Waals surface area contributed by atoms with Crippen LogP contribution in [0.4, 0.5) is 5.69 Å². The summed E-state index contributed by atoms with van der Waals surface area (Å²) >= 11 is -1.49. The molecule has 1 aromatic carbocycles. The minimum absolute atomic E-state index is 0.238. The lowest BCUT2D eigenvalue weighted by molar-refractivity contribution is 0.205. The summed E-state index contributed by atoms with van der Waals surface area (Å²) in [5.74, 6) is 1.71. The van der Waals surface area contributed by atoms with Crippen LogP contribution in [0.3, 0.4) is 0 Å². The summed E-state index contributed by atoms with van der Waals surface area (Å²) in [7, 11) is 0. The van der Waals surface area contributed by atoms with Crippen molar-refractivity contribution in [3.63, 3.8) is 0 Å². The first-order valence-corrected chi connectivity index (χ1v) is 8.57. The predicted molar refractivity (Wildman–Crippen MR) is 87.7 cm³/mol. The van der Waals surface area contributed by atoms with Crippen LogP contribution in [0.5, 0.6) is 5.75 Å². The van der Waals surface area contributed by atoms with Crippen LogP contribution < -0.4 is 15.2 Å². The number of nitrogens with zero attached hydrogens (tertiary/aromatic N) is 1. The zero-order valence-electron chi connectivity index (χ0n) is 12.8. The van der Waals surface area contributed by atoms with Gasteiger partial charge in [0.25, 0.3) is 0 Å². The molecule has 0 aromatic heterocycles. The molecule has 116 valence electrons. The average Bonchev–Trinajstić information content (AvgIpc) is 2.86. The van der Waals surface area contributed by atoms with Gasteiger partial charge in [-0.1, -0.05) is 26.8 Å². The Hall–Kier alpha value is -1.56. The third-order valence-electron chi connectivity index (χ3n) is 3.60. The Labute approximate surface area is 128 Å². The number of amidine groups is 1. The van der Waals surface area contributed by atoms with E-state index in [9.17, 15) is 4.21 Å². The first-order chi connectivity index (χ1) is 10.1. The van der Waals surface area contributed by atoms with Crippen LogP contribution in [0.2, 0.25) is 0 Å². The van der Waals surface area contributed by atoms with Crippen LogP contribution >= 0.6 is 0 Å². The van der Waals surface area contributed by atoms with Gasteiger partial charge in [-0.05, 0) is 37.3 Å². The highest BCUT2D eigenvalue weighted by Gasteiger charge is 2.26. The van der Waals surface area contributed by atoms with Gasteiger partial charge in [-0.15, -0.1) is 0 Å². The van der Waals surface area contributed by atoms with Crippen LogP contribution in [0, 0.1) is 5.92 Å². The summed E-state index contributed by atoms with van der Waals surface area (Å²) in [6, 6.07) is 5.59. The van der Waals surface area contributed by atoms with Crippen molar-refractivity contribution in [2.75, 3.05) is 4.72 Å². The molecule has 3 atom stereocenters. The smallest absolute Gasteiger partial charge is 0.245 e. The topological polar surface area (TPSA) is 76.7 Å². The van der Waals surface area contributed by atoms with Gasteiger partial charge in [0, 0.05) is 0 Å². The van der Waals surface area contributed by atoms with Crippen molar-refractivity contribution in [3.05, 3.63) is 23.8 Å². The Bertz CT molecular complexity index is 560. The number of hydrogen-bond donors (Lipinski definition) is 2. The molecule has 3 N–H and O–H groups in total. The molecule has 21 heavy (non-hydrogen) atoms. The lowest BCUT2D eigenvalue weighted by atomic mass is 10.1. The van der Waals surface area contributed by atoms with Crippen LogP contribution in [0.1, 0.15) is 45.6 Å². The van der Waals surface area contributed by atoms with E-state index < -0.39 is 11.2 Å². The molecule has 1 aromatic rings. The van der Waals surface area contributed by atoms with Gasteiger partial charge in [0.1, 0.15) is 11.6 Å². The van der Waals surface area contributed by atoms with Gasteiger partial charge in [-0.3, -0.25) is 4.72 Å². The second-order valence-corrected chi connectivity index (χ2v) is 6.05. The van der Waals surface area contributed by atoms with Crippen molar-refractivity contribution in [1.29, 1.82) is 0 Å². The molecule has 3 unspecified atom stereocenters. The highest BCUT2D eigenvalue weighted by Crippen LogP contribution is 2.34. The minimum atomic E-state index is -1.49. The molecule has 0 saturated heterocycles. The van der Waals surface area contributed by atoms with Crippen molar-refractivity contribution in [3.8, 4) is 5.75 Å². The zero-order chi connectivity index (χ0) is 15.4. The van der Waals surface area contributed by atoms with Crippen LogP contribution in [0.15, 0.2) is 22.6 Å². The lowest BCUT2D eigenvalue weighted by Gasteiger charge is -2.21. The summed E-state index contributed by atoms with van der Waals surface area (Å²) in [5, 5.41) is 0. The Kier molecular flexibility index (Phi) is 5.22. The SMILES string of the molecule is CC.CC1CCC(Oc2cccc3c2C(N)=NS(=O)N3)C1. The maximum atomic E-state index is 11.4. The van der Waals surface area contributed by atoms with E-state index in [4.69, 9.17) is 10.5 Å². The molecule has 1 saturated carbocycles. The van der Waals surface area contributed by atoms with Crippen LogP contribution in [-0.4, -0.2) is 16.1 Å². The first-order valence-electron chi connectivity index (χ1n) is 7.46. The quantitative estimate of drug-likeness (QED) is 0.881. The first kappa shape index (κ1) is 15.8. The number of fused-ring (bicyclic) bond motifs is 1. The third kappa shape index (κ3) is 3.56. The minimum Gasteiger partial charge on any atom is -0.490 e. The van der Waals surface area contributed by atoms with E-state index in [0.717, 1.165) is 29.8 Å². The standard InChI is InChI=1S/C13H17N3O2S.C2H6/c1-8-5-6-9(7-8)18-11-4-2-3-10-12(11)13(14)16-19(17)15-10;1-2/h2-4,8-9,15H,5-7H2,1H3,(H2,14,16);1-2H3.